The molecule has 0 aliphatic carbocycles. The van der Waals surface area contributed by atoms with Crippen LogP contribution in [-0.2, 0) is 6.54 Å². The molecule has 0 radical (unpaired) electrons. The van der Waals surface area contributed by atoms with Gasteiger partial charge in [-0.1, -0.05) is 6.07 Å². The van der Waals surface area contributed by atoms with Gasteiger partial charge in [0.2, 0.25) is 0 Å². The van der Waals surface area contributed by atoms with Crippen LogP contribution in [0.5, 0.6) is 0 Å². The van der Waals surface area contributed by atoms with Crippen LogP contribution in [0.15, 0.2) is 18.2 Å². The van der Waals surface area contributed by atoms with Crippen molar-refractivity contribution in [2.75, 3.05) is 39.1 Å². The van der Waals surface area contributed by atoms with E-state index in [1.54, 1.807) is 0 Å². The Morgan fingerprint density at radius 3 is 2.50 bits per heavy atom. The topological polar surface area (TPSA) is 56.3 Å². The van der Waals surface area contributed by atoms with Gasteiger partial charge in [0, 0.05) is 20.1 Å². The van der Waals surface area contributed by atoms with Crippen molar-refractivity contribution in [2.24, 2.45) is 5.73 Å². The summed E-state index contributed by atoms with van der Waals surface area (Å²) in [6, 6.07) is 8.08. The van der Waals surface area contributed by atoms with Crippen LogP contribution < -0.4 is 10.6 Å². The third-order valence-electron chi connectivity index (χ3n) is 2.93. The van der Waals surface area contributed by atoms with Crippen molar-refractivity contribution in [1.82, 2.24) is 4.90 Å². The number of nitrogens with zero attached hydrogens (tertiary/aromatic N) is 3. The summed E-state index contributed by atoms with van der Waals surface area (Å²) in [6.07, 6.45) is 1.08. The lowest BCUT2D eigenvalue weighted by atomic mass is 10.1. The minimum absolute atomic E-state index is 0.472. The zero-order chi connectivity index (χ0) is 13.5. The fourth-order valence-corrected chi connectivity index (χ4v) is 1.88. The van der Waals surface area contributed by atoms with Gasteiger partial charge in [0.15, 0.2) is 0 Å². The maximum atomic E-state index is 9.18. The highest BCUT2D eigenvalue weighted by molar-refractivity contribution is 5.60. The maximum Gasteiger partial charge on any atom is 0.101 e. The molecule has 1 rings (SSSR count). The Morgan fingerprint density at radius 1 is 1.22 bits per heavy atom. The second-order valence-corrected chi connectivity index (χ2v) is 4.75. The fourth-order valence-electron chi connectivity index (χ4n) is 1.88. The molecule has 4 nitrogen and oxygen atoms in total. The maximum absolute atomic E-state index is 9.18. The molecule has 4 heteroatoms. The summed E-state index contributed by atoms with van der Waals surface area (Å²) in [6.45, 7) is 2.46. The molecule has 1 aromatic rings. The Labute approximate surface area is 110 Å². The van der Waals surface area contributed by atoms with Crippen LogP contribution in [0.2, 0.25) is 0 Å². The first-order valence-corrected chi connectivity index (χ1v) is 6.17. The van der Waals surface area contributed by atoms with Crippen LogP contribution in [0.25, 0.3) is 0 Å². The largest absolute Gasteiger partial charge is 0.373 e. The zero-order valence-corrected chi connectivity index (χ0v) is 11.5. The van der Waals surface area contributed by atoms with Gasteiger partial charge < -0.3 is 15.5 Å². The molecule has 98 valence electrons. The third-order valence-corrected chi connectivity index (χ3v) is 2.93. The SMILES string of the molecule is CN(C)CCCN(C)c1ccc(CN)cc1C#N. The van der Waals surface area contributed by atoms with Crippen molar-refractivity contribution in [1.29, 1.82) is 5.26 Å². The predicted octanol–water partition coefficient (Wildman–Crippen LogP) is 1.40. The molecule has 0 spiro atoms. The third kappa shape index (κ3) is 4.02. The molecule has 2 N–H and O–H groups in total. The number of hydrogen-bond donors (Lipinski definition) is 1. The van der Waals surface area contributed by atoms with E-state index in [1.165, 1.54) is 0 Å². The zero-order valence-electron chi connectivity index (χ0n) is 11.5. The summed E-state index contributed by atoms with van der Waals surface area (Å²) in [5.74, 6) is 0. The Balaban J connectivity index is 2.73. The summed E-state index contributed by atoms with van der Waals surface area (Å²) in [5, 5.41) is 9.18. The Bertz CT molecular complexity index is 420. The van der Waals surface area contributed by atoms with Crippen molar-refractivity contribution < 1.29 is 0 Å². The van der Waals surface area contributed by atoms with Crippen molar-refractivity contribution in [3.8, 4) is 6.07 Å². The molecule has 0 atom stereocenters. The van der Waals surface area contributed by atoms with E-state index in [4.69, 9.17) is 5.73 Å². The van der Waals surface area contributed by atoms with Gasteiger partial charge in [-0.15, -0.1) is 0 Å². The van der Waals surface area contributed by atoms with Gasteiger partial charge in [-0.2, -0.15) is 5.26 Å². The van der Waals surface area contributed by atoms with Gasteiger partial charge in [0.25, 0.3) is 0 Å². The smallest absolute Gasteiger partial charge is 0.101 e. The second kappa shape index (κ2) is 7.00. The van der Waals surface area contributed by atoms with Gasteiger partial charge in [0.05, 0.1) is 11.3 Å². The van der Waals surface area contributed by atoms with E-state index in [9.17, 15) is 5.26 Å². The summed E-state index contributed by atoms with van der Waals surface area (Å²) in [4.78, 5) is 4.29. The van der Waals surface area contributed by atoms with Gasteiger partial charge in [-0.25, -0.2) is 0 Å². The highest BCUT2D eigenvalue weighted by Gasteiger charge is 2.07. The van der Waals surface area contributed by atoms with Crippen LogP contribution in [0.1, 0.15) is 17.5 Å². The number of rotatable bonds is 6. The molecule has 0 aliphatic heterocycles. The summed E-state index contributed by atoms with van der Waals surface area (Å²) in [5.41, 5.74) is 8.26. The molecule has 1 aromatic carbocycles. The Morgan fingerprint density at radius 2 is 1.94 bits per heavy atom. The van der Waals surface area contributed by atoms with E-state index < -0.39 is 0 Å². The average molecular weight is 246 g/mol. The highest BCUT2D eigenvalue weighted by Crippen LogP contribution is 2.20. The molecule has 0 aliphatic rings. The van der Waals surface area contributed by atoms with Crippen molar-refractivity contribution in [2.45, 2.75) is 13.0 Å². The predicted molar refractivity (Wildman–Crippen MR) is 75.5 cm³/mol. The quantitative estimate of drug-likeness (QED) is 0.824. The molecule has 0 bridgehead atoms. The molecule has 0 amide bonds. The number of nitriles is 1. The molecule has 0 saturated carbocycles. The fraction of sp³-hybridized carbons (Fsp3) is 0.500. The van der Waals surface area contributed by atoms with Crippen molar-refractivity contribution in [3.63, 3.8) is 0 Å². The number of benzene rings is 1. The Hall–Kier alpha value is -1.57. The summed E-state index contributed by atoms with van der Waals surface area (Å²) in [7, 11) is 6.15. The molecule has 0 aromatic heterocycles. The van der Waals surface area contributed by atoms with Gasteiger partial charge in [-0.3, -0.25) is 0 Å². The van der Waals surface area contributed by atoms with Crippen molar-refractivity contribution >= 4 is 5.69 Å². The normalized spacial score (nSPS) is 10.4. The summed E-state index contributed by atoms with van der Waals surface area (Å²) < 4.78 is 0. The van der Waals surface area contributed by atoms with Gasteiger partial charge in [0.1, 0.15) is 6.07 Å². The lowest BCUT2D eigenvalue weighted by molar-refractivity contribution is 0.401. The van der Waals surface area contributed by atoms with E-state index in [1.807, 2.05) is 25.2 Å². The van der Waals surface area contributed by atoms with Crippen LogP contribution in [-0.4, -0.2) is 39.1 Å². The minimum atomic E-state index is 0.472. The lowest BCUT2D eigenvalue weighted by Crippen LogP contribution is -2.24. The van der Waals surface area contributed by atoms with Crippen LogP contribution in [0, 0.1) is 11.3 Å². The van der Waals surface area contributed by atoms with E-state index >= 15 is 0 Å². The van der Waals surface area contributed by atoms with E-state index in [-0.39, 0.29) is 0 Å². The van der Waals surface area contributed by atoms with Crippen LogP contribution in [0.4, 0.5) is 5.69 Å². The average Bonchev–Trinajstić information content (AvgIpc) is 2.37. The van der Waals surface area contributed by atoms with Crippen LogP contribution >= 0.6 is 0 Å². The molecule has 0 unspecified atom stereocenters. The molecule has 0 saturated heterocycles. The molecular formula is C14H22N4. The van der Waals surface area contributed by atoms with Crippen molar-refractivity contribution in [3.05, 3.63) is 29.3 Å². The lowest BCUT2D eigenvalue weighted by Gasteiger charge is -2.21. The van der Waals surface area contributed by atoms with E-state index in [2.05, 4.69) is 30.0 Å². The second-order valence-electron chi connectivity index (χ2n) is 4.75. The minimum Gasteiger partial charge on any atom is -0.373 e. The number of nitrogens with two attached hydrogens (primary N) is 1. The highest BCUT2D eigenvalue weighted by atomic mass is 15.1. The van der Waals surface area contributed by atoms with Gasteiger partial charge in [-0.05, 0) is 44.8 Å². The number of hydrogen-bond acceptors (Lipinski definition) is 4. The molecular weight excluding hydrogens is 224 g/mol. The first-order chi connectivity index (χ1) is 8.58. The molecule has 0 heterocycles. The monoisotopic (exact) mass is 246 g/mol. The molecule has 0 fully saturated rings. The first-order valence-electron chi connectivity index (χ1n) is 6.17. The van der Waals surface area contributed by atoms with E-state index in [0.29, 0.717) is 12.1 Å². The van der Waals surface area contributed by atoms with Crippen LogP contribution in [0.3, 0.4) is 0 Å². The molecule has 18 heavy (non-hydrogen) atoms. The van der Waals surface area contributed by atoms with Gasteiger partial charge >= 0.3 is 0 Å². The number of anilines is 1. The standard InChI is InChI=1S/C14H22N4/c1-17(2)7-4-8-18(3)14-6-5-12(10-15)9-13(14)11-16/h5-6,9H,4,7-8,10,15H2,1-3H3. The Kier molecular flexibility index (Phi) is 5.63. The first kappa shape index (κ1) is 14.5. The summed E-state index contributed by atoms with van der Waals surface area (Å²) >= 11 is 0. The van der Waals surface area contributed by atoms with E-state index in [0.717, 1.165) is 30.8 Å².